The van der Waals surface area contributed by atoms with E-state index in [0.29, 0.717) is 27.8 Å². The van der Waals surface area contributed by atoms with E-state index in [-0.39, 0.29) is 18.9 Å². The van der Waals surface area contributed by atoms with Crippen molar-refractivity contribution in [3.05, 3.63) is 97.5 Å². The Kier molecular flexibility index (Phi) is 10.8. The Morgan fingerprint density at radius 2 is 1.61 bits per heavy atom. The van der Waals surface area contributed by atoms with Gasteiger partial charge in [0.05, 0.1) is 22.0 Å². The monoisotopic (exact) mass is 687 g/mol. The Morgan fingerprint density at radius 3 is 2.18 bits per heavy atom. The summed E-state index contributed by atoms with van der Waals surface area (Å²) in [7, 11) is -3.82. The van der Waals surface area contributed by atoms with Crippen LogP contribution in [0.15, 0.2) is 72.8 Å². The lowest BCUT2D eigenvalue weighted by atomic mass is 10.0. The Bertz CT molecular complexity index is 1370. The second-order valence-electron chi connectivity index (χ2n) is 8.62. The molecule has 202 valence electrons. The number of carbonyl (C=O) groups excluding carboxylic acids is 2. The van der Waals surface area contributed by atoms with Gasteiger partial charge in [-0.15, -0.1) is 0 Å². The van der Waals surface area contributed by atoms with Crippen LogP contribution in [0.4, 0.5) is 5.69 Å². The average Bonchev–Trinajstić information content (AvgIpc) is 2.87. The molecule has 2 amide bonds. The van der Waals surface area contributed by atoms with Gasteiger partial charge in [-0.1, -0.05) is 59.6 Å². The molecular weight excluding hydrogens is 660 g/mol. The summed E-state index contributed by atoms with van der Waals surface area (Å²) in [5, 5.41) is 3.49. The SMILES string of the molecule is CCNC(=O)[C@@H](Cc1ccccc1)N(Cc1ccc(Cl)c(Cl)c1)C(=O)CN(c1ccc(I)cc1)S(C)(=O)=O. The van der Waals surface area contributed by atoms with Crippen LogP contribution < -0.4 is 9.62 Å². The van der Waals surface area contributed by atoms with Crippen LogP contribution in [0, 0.1) is 3.57 Å². The van der Waals surface area contributed by atoms with Crippen LogP contribution in [0.2, 0.25) is 10.0 Å². The normalized spacial score (nSPS) is 12.0. The number of rotatable bonds is 11. The van der Waals surface area contributed by atoms with Gasteiger partial charge in [0.25, 0.3) is 0 Å². The number of amides is 2. The first-order chi connectivity index (χ1) is 18.0. The van der Waals surface area contributed by atoms with Crippen molar-refractivity contribution in [3.8, 4) is 0 Å². The zero-order chi connectivity index (χ0) is 27.9. The van der Waals surface area contributed by atoms with E-state index in [1.807, 2.05) is 30.3 Å². The highest BCUT2D eigenvalue weighted by Crippen LogP contribution is 2.25. The molecule has 0 aliphatic rings. The minimum absolute atomic E-state index is 0.0225. The molecule has 3 aromatic carbocycles. The summed E-state index contributed by atoms with van der Waals surface area (Å²) in [6.45, 7) is 1.71. The van der Waals surface area contributed by atoms with Gasteiger partial charge in [-0.2, -0.15) is 0 Å². The van der Waals surface area contributed by atoms with Crippen molar-refractivity contribution in [1.29, 1.82) is 0 Å². The molecule has 1 atom stereocenters. The van der Waals surface area contributed by atoms with E-state index in [1.54, 1.807) is 49.4 Å². The maximum atomic E-state index is 13.9. The molecule has 0 fully saturated rings. The van der Waals surface area contributed by atoms with Crippen molar-refractivity contribution in [2.45, 2.75) is 25.9 Å². The summed E-state index contributed by atoms with van der Waals surface area (Å²) in [6, 6.07) is 20.2. The smallest absolute Gasteiger partial charge is 0.244 e. The fourth-order valence-electron chi connectivity index (χ4n) is 3.90. The van der Waals surface area contributed by atoms with Crippen LogP contribution >= 0.6 is 45.8 Å². The third kappa shape index (κ3) is 8.33. The van der Waals surface area contributed by atoms with Gasteiger partial charge in [0.2, 0.25) is 21.8 Å². The van der Waals surface area contributed by atoms with Gasteiger partial charge in [-0.05, 0) is 77.0 Å². The topological polar surface area (TPSA) is 86.8 Å². The zero-order valence-electron chi connectivity index (χ0n) is 20.9. The van der Waals surface area contributed by atoms with Gasteiger partial charge < -0.3 is 10.2 Å². The Morgan fingerprint density at radius 1 is 0.947 bits per heavy atom. The van der Waals surface area contributed by atoms with Crippen molar-refractivity contribution in [3.63, 3.8) is 0 Å². The molecule has 0 spiro atoms. The number of nitrogens with zero attached hydrogens (tertiary/aromatic N) is 2. The summed E-state index contributed by atoms with van der Waals surface area (Å²) in [5.74, 6) is -0.878. The zero-order valence-corrected chi connectivity index (χ0v) is 25.4. The summed E-state index contributed by atoms with van der Waals surface area (Å²) >= 11 is 14.4. The van der Waals surface area contributed by atoms with Gasteiger partial charge >= 0.3 is 0 Å². The molecule has 0 radical (unpaired) electrons. The third-order valence-electron chi connectivity index (χ3n) is 5.75. The molecule has 0 unspecified atom stereocenters. The average molecular weight is 688 g/mol. The standard InChI is InChI=1S/C27H28Cl2IN3O4S/c1-3-31-27(35)25(16-19-7-5-4-6-8-19)32(17-20-9-14-23(28)24(29)15-20)26(34)18-33(38(2,36)37)22-12-10-21(30)11-13-22/h4-15,25H,3,16-18H2,1-2H3,(H,31,35)/t25-/m1/s1. The lowest BCUT2D eigenvalue weighted by Crippen LogP contribution is -2.53. The number of likely N-dealkylation sites (N-methyl/N-ethyl adjacent to an activating group) is 1. The number of nitrogens with one attached hydrogen (secondary N) is 1. The second kappa shape index (κ2) is 13.6. The highest BCUT2D eigenvalue weighted by Gasteiger charge is 2.33. The van der Waals surface area contributed by atoms with Crippen molar-refractivity contribution in [2.24, 2.45) is 0 Å². The van der Waals surface area contributed by atoms with E-state index in [9.17, 15) is 18.0 Å². The van der Waals surface area contributed by atoms with Gasteiger partial charge in [0.1, 0.15) is 12.6 Å². The molecule has 0 aliphatic heterocycles. The fourth-order valence-corrected chi connectivity index (χ4v) is 5.43. The molecule has 3 aromatic rings. The first kappa shape index (κ1) is 30.2. The molecular formula is C27H28Cl2IN3O4S. The Hall–Kier alpha value is -2.34. The molecule has 3 rings (SSSR count). The molecule has 38 heavy (non-hydrogen) atoms. The highest BCUT2D eigenvalue weighted by molar-refractivity contribution is 14.1. The van der Waals surface area contributed by atoms with Gasteiger partial charge in [0, 0.05) is 23.1 Å². The van der Waals surface area contributed by atoms with E-state index < -0.39 is 28.5 Å². The van der Waals surface area contributed by atoms with Crippen LogP contribution in [0.3, 0.4) is 0 Å². The Balaban J connectivity index is 2.05. The predicted molar refractivity (Wildman–Crippen MR) is 161 cm³/mol. The molecule has 0 saturated carbocycles. The number of sulfonamides is 1. The third-order valence-corrected chi connectivity index (χ3v) is 8.35. The van der Waals surface area contributed by atoms with Crippen molar-refractivity contribution >= 4 is 73.3 Å². The van der Waals surface area contributed by atoms with Crippen LogP contribution in [-0.2, 0) is 32.6 Å². The van der Waals surface area contributed by atoms with Crippen molar-refractivity contribution in [2.75, 3.05) is 23.7 Å². The minimum Gasteiger partial charge on any atom is -0.355 e. The van der Waals surface area contributed by atoms with Crippen LogP contribution in [-0.4, -0.2) is 50.5 Å². The number of halogens is 3. The summed E-state index contributed by atoms with van der Waals surface area (Å²) in [4.78, 5) is 28.6. The minimum atomic E-state index is -3.82. The number of anilines is 1. The molecule has 0 bridgehead atoms. The number of hydrogen-bond donors (Lipinski definition) is 1. The lowest BCUT2D eigenvalue weighted by molar-refractivity contribution is -0.140. The maximum absolute atomic E-state index is 13.9. The van der Waals surface area contributed by atoms with Gasteiger partial charge in [-0.25, -0.2) is 8.42 Å². The number of carbonyl (C=O) groups is 2. The molecule has 0 aromatic heterocycles. The van der Waals surface area contributed by atoms with Crippen LogP contribution in [0.25, 0.3) is 0 Å². The molecule has 11 heteroatoms. The van der Waals surface area contributed by atoms with Gasteiger partial charge in [0.15, 0.2) is 0 Å². The van der Waals surface area contributed by atoms with E-state index in [1.165, 1.54) is 4.90 Å². The number of benzene rings is 3. The largest absolute Gasteiger partial charge is 0.355 e. The highest BCUT2D eigenvalue weighted by atomic mass is 127. The van der Waals surface area contributed by atoms with E-state index >= 15 is 0 Å². The summed E-state index contributed by atoms with van der Waals surface area (Å²) in [6.07, 6.45) is 1.29. The van der Waals surface area contributed by atoms with E-state index in [4.69, 9.17) is 23.2 Å². The second-order valence-corrected chi connectivity index (χ2v) is 12.6. The predicted octanol–water partition coefficient (Wildman–Crippen LogP) is 5.14. The fraction of sp³-hybridized carbons (Fsp3) is 0.259. The van der Waals surface area contributed by atoms with Crippen LogP contribution in [0.5, 0.6) is 0 Å². The Labute approximate surface area is 247 Å². The van der Waals surface area contributed by atoms with Gasteiger partial charge in [-0.3, -0.25) is 13.9 Å². The molecule has 0 aliphatic carbocycles. The lowest BCUT2D eigenvalue weighted by Gasteiger charge is -2.33. The molecule has 7 nitrogen and oxygen atoms in total. The number of hydrogen-bond acceptors (Lipinski definition) is 4. The maximum Gasteiger partial charge on any atom is 0.244 e. The van der Waals surface area contributed by atoms with Crippen molar-refractivity contribution in [1.82, 2.24) is 10.2 Å². The van der Waals surface area contributed by atoms with Crippen molar-refractivity contribution < 1.29 is 18.0 Å². The van der Waals surface area contributed by atoms with Crippen LogP contribution in [0.1, 0.15) is 18.1 Å². The first-order valence-electron chi connectivity index (χ1n) is 11.8. The van der Waals surface area contributed by atoms with E-state index in [2.05, 4.69) is 27.9 Å². The molecule has 1 N–H and O–H groups in total. The summed E-state index contributed by atoms with van der Waals surface area (Å²) < 4.78 is 27.5. The van der Waals surface area contributed by atoms with E-state index in [0.717, 1.165) is 19.7 Å². The molecule has 0 heterocycles. The first-order valence-corrected chi connectivity index (χ1v) is 15.5. The summed E-state index contributed by atoms with van der Waals surface area (Å²) in [5.41, 5.74) is 1.86. The quantitative estimate of drug-likeness (QED) is 0.283. The molecule has 0 saturated heterocycles.